The third-order valence-corrected chi connectivity index (χ3v) is 5.45. The number of nitrogens with zero attached hydrogens (tertiary/aromatic N) is 3. The van der Waals surface area contributed by atoms with Crippen LogP contribution in [0.4, 0.5) is 4.39 Å². The molecule has 172 valence electrons. The highest BCUT2D eigenvalue weighted by Gasteiger charge is 2.22. The molecule has 8 heteroatoms. The monoisotopic (exact) mass is 458 g/mol. The summed E-state index contributed by atoms with van der Waals surface area (Å²) in [6.45, 7) is 3.29. The molecule has 0 saturated heterocycles. The van der Waals surface area contributed by atoms with E-state index in [2.05, 4.69) is 10.4 Å². The lowest BCUT2D eigenvalue weighted by molar-refractivity contribution is 0.0930. The van der Waals surface area contributed by atoms with Gasteiger partial charge in [0.25, 0.3) is 11.5 Å². The fraction of sp³-hybridized carbons (Fsp3) is 0.154. The van der Waals surface area contributed by atoms with Gasteiger partial charge in [0.15, 0.2) is 0 Å². The van der Waals surface area contributed by atoms with Crippen molar-refractivity contribution in [2.24, 2.45) is 0 Å². The first kappa shape index (κ1) is 22.8. The number of hydrogen-bond donors (Lipinski definition) is 1. The molecule has 4 aromatic rings. The molecule has 1 aromatic heterocycles. The molecule has 3 aromatic carbocycles. The first-order chi connectivity index (χ1) is 16.3. The second-order valence-corrected chi connectivity index (χ2v) is 7.97. The zero-order valence-corrected chi connectivity index (χ0v) is 18.7. The summed E-state index contributed by atoms with van der Waals surface area (Å²) < 4.78 is 16.1. The van der Waals surface area contributed by atoms with E-state index in [1.807, 2.05) is 43.3 Å². The Kier molecular flexibility index (Phi) is 6.49. The Balaban J connectivity index is 1.83. The van der Waals surface area contributed by atoms with Crippen LogP contribution in [-0.2, 0) is 6.54 Å². The molecule has 4 rings (SSSR count). The molecule has 1 atom stereocenters. The van der Waals surface area contributed by atoms with Gasteiger partial charge in [-0.1, -0.05) is 60.7 Å². The molecule has 0 aliphatic rings. The van der Waals surface area contributed by atoms with Gasteiger partial charge in [0, 0.05) is 5.56 Å². The predicted molar refractivity (Wildman–Crippen MR) is 127 cm³/mol. The largest absolute Gasteiger partial charge is 0.352 e. The zero-order chi connectivity index (χ0) is 24.2. The van der Waals surface area contributed by atoms with Gasteiger partial charge < -0.3 is 5.32 Å². The average molecular weight is 458 g/mol. The number of hydrogen-bond acceptors (Lipinski definition) is 4. The van der Waals surface area contributed by atoms with Crippen LogP contribution in [-0.4, -0.2) is 20.3 Å². The van der Waals surface area contributed by atoms with E-state index in [-0.39, 0.29) is 12.1 Å². The number of halogens is 1. The van der Waals surface area contributed by atoms with E-state index in [4.69, 9.17) is 0 Å². The Morgan fingerprint density at radius 2 is 1.71 bits per heavy atom. The van der Waals surface area contributed by atoms with Crippen LogP contribution in [0.3, 0.4) is 0 Å². The SMILES string of the molecule is Cc1cccc(-n2nc(C(=O)N[C@H](C)c3ccccc3)c(=O)n(Cc3ccccc3F)c2=O)c1. The van der Waals surface area contributed by atoms with Gasteiger partial charge in [0.2, 0.25) is 5.69 Å². The van der Waals surface area contributed by atoms with E-state index in [1.165, 1.54) is 18.2 Å². The molecular weight excluding hydrogens is 435 g/mol. The Hall–Kier alpha value is -4.33. The van der Waals surface area contributed by atoms with Crippen LogP contribution < -0.4 is 16.6 Å². The molecule has 1 amide bonds. The lowest BCUT2D eigenvalue weighted by Gasteiger charge is -2.16. The molecule has 1 N–H and O–H groups in total. The van der Waals surface area contributed by atoms with Gasteiger partial charge in [-0.2, -0.15) is 9.78 Å². The highest BCUT2D eigenvalue weighted by Crippen LogP contribution is 2.12. The second kappa shape index (κ2) is 9.66. The van der Waals surface area contributed by atoms with Gasteiger partial charge in [-0.15, -0.1) is 0 Å². The third kappa shape index (κ3) is 4.71. The molecule has 0 aliphatic carbocycles. The number of rotatable bonds is 6. The van der Waals surface area contributed by atoms with Crippen molar-refractivity contribution in [1.82, 2.24) is 19.7 Å². The Morgan fingerprint density at radius 3 is 2.41 bits per heavy atom. The first-order valence-electron chi connectivity index (χ1n) is 10.8. The van der Waals surface area contributed by atoms with Crippen molar-refractivity contribution in [2.75, 3.05) is 0 Å². The van der Waals surface area contributed by atoms with Crippen LogP contribution in [0.1, 0.15) is 40.1 Å². The summed E-state index contributed by atoms with van der Waals surface area (Å²) in [5.41, 5.74) is 0.114. The molecular formula is C26H23FN4O3. The minimum absolute atomic E-state index is 0.146. The minimum Gasteiger partial charge on any atom is -0.344 e. The van der Waals surface area contributed by atoms with E-state index in [9.17, 15) is 18.8 Å². The number of nitrogens with one attached hydrogen (secondary N) is 1. The number of carbonyl (C=O) groups excluding carboxylic acids is 1. The Morgan fingerprint density at radius 1 is 1.00 bits per heavy atom. The van der Waals surface area contributed by atoms with E-state index >= 15 is 0 Å². The smallest absolute Gasteiger partial charge is 0.344 e. The normalized spacial score (nSPS) is 11.7. The van der Waals surface area contributed by atoms with Gasteiger partial charge in [0.1, 0.15) is 5.82 Å². The highest BCUT2D eigenvalue weighted by atomic mass is 19.1. The van der Waals surface area contributed by atoms with Crippen LogP contribution in [0.25, 0.3) is 5.69 Å². The van der Waals surface area contributed by atoms with E-state index < -0.39 is 34.7 Å². The number of aromatic nitrogens is 3. The highest BCUT2D eigenvalue weighted by molar-refractivity contribution is 5.92. The second-order valence-electron chi connectivity index (χ2n) is 7.97. The van der Waals surface area contributed by atoms with Crippen molar-refractivity contribution >= 4 is 5.91 Å². The summed E-state index contributed by atoms with van der Waals surface area (Å²) in [4.78, 5) is 39.6. The number of benzene rings is 3. The van der Waals surface area contributed by atoms with Gasteiger partial charge in [-0.3, -0.25) is 14.2 Å². The van der Waals surface area contributed by atoms with E-state index in [1.54, 1.807) is 31.2 Å². The lowest BCUT2D eigenvalue weighted by Crippen LogP contribution is -2.46. The molecule has 0 unspecified atom stereocenters. The van der Waals surface area contributed by atoms with Gasteiger partial charge >= 0.3 is 5.69 Å². The quantitative estimate of drug-likeness (QED) is 0.480. The van der Waals surface area contributed by atoms with E-state index in [0.717, 1.165) is 20.4 Å². The first-order valence-corrected chi connectivity index (χ1v) is 10.8. The third-order valence-electron chi connectivity index (χ3n) is 5.45. The van der Waals surface area contributed by atoms with Crippen LogP contribution in [0.5, 0.6) is 0 Å². The summed E-state index contributed by atoms with van der Waals surface area (Å²) in [5, 5.41) is 6.88. The number of carbonyl (C=O) groups is 1. The summed E-state index contributed by atoms with van der Waals surface area (Å²) in [6.07, 6.45) is 0. The van der Waals surface area contributed by atoms with Gasteiger partial charge in [0.05, 0.1) is 18.3 Å². The maximum absolute atomic E-state index is 14.3. The fourth-order valence-electron chi connectivity index (χ4n) is 3.61. The maximum atomic E-state index is 14.3. The van der Waals surface area contributed by atoms with Crippen LogP contribution in [0.15, 0.2) is 88.5 Å². The summed E-state index contributed by atoms with van der Waals surface area (Å²) in [6, 6.07) is 21.6. The molecule has 34 heavy (non-hydrogen) atoms. The summed E-state index contributed by atoms with van der Waals surface area (Å²) in [7, 11) is 0. The van der Waals surface area contributed by atoms with Crippen LogP contribution in [0.2, 0.25) is 0 Å². The van der Waals surface area contributed by atoms with E-state index in [0.29, 0.717) is 5.69 Å². The Bertz CT molecular complexity index is 1460. The topological polar surface area (TPSA) is 86.0 Å². The average Bonchev–Trinajstić information content (AvgIpc) is 2.83. The molecule has 1 heterocycles. The minimum atomic E-state index is -0.894. The number of aryl methyl sites for hydroxylation is 1. The molecule has 7 nitrogen and oxygen atoms in total. The van der Waals surface area contributed by atoms with Crippen LogP contribution >= 0.6 is 0 Å². The van der Waals surface area contributed by atoms with Crippen molar-refractivity contribution in [1.29, 1.82) is 0 Å². The zero-order valence-electron chi connectivity index (χ0n) is 18.7. The predicted octanol–water partition coefficient (Wildman–Crippen LogP) is 3.38. The molecule has 0 spiro atoms. The van der Waals surface area contributed by atoms with Crippen molar-refractivity contribution in [3.8, 4) is 5.69 Å². The summed E-state index contributed by atoms with van der Waals surface area (Å²) >= 11 is 0. The van der Waals surface area contributed by atoms with Crippen LogP contribution in [0, 0.1) is 12.7 Å². The molecule has 0 bridgehead atoms. The molecule has 0 aliphatic heterocycles. The molecule has 0 fully saturated rings. The Labute approximate surface area is 195 Å². The van der Waals surface area contributed by atoms with Crippen molar-refractivity contribution in [2.45, 2.75) is 26.4 Å². The van der Waals surface area contributed by atoms with Crippen molar-refractivity contribution < 1.29 is 9.18 Å². The van der Waals surface area contributed by atoms with Gasteiger partial charge in [-0.25, -0.2) is 9.18 Å². The molecule has 0 radical (unpaired) electrons. The number of amides is 1. The summed E-state index contributed by atoms with van der Waals surface area (Å²) in [5.74, 6) is -1.29. The van der Waals surface area contributed by atoms with Crippen molar-refractivity contribution in [3.05, 3.63) is 128 Å². The van der Waals surface area contributed by atoms with Crippen molar-refractivity contribution in [3.63, 3.8) is 0 Å². The standard InChI is InChI=1S/C26H23FN4O3/c1-17-9-8-13-21(15-17)31-26(34)30(16-20-12-6-7-14-22(20)27)25(33)23(29-31)24(32)28-18(2)19-10-4-3-5-11-19/h3-15,18H,16H2,1-2H3,(H,28,32)/t18-/m1/s1. The fourth-order valence-corrected chi connectivity index (χ4v) is 3.61. The lowest BCUT2D eigenvalue weighted by atomic mass is 10.1. The maximum Gasteiger partial charge on any atom is 0.352 e. The molecule has 0 saturated carbocycles. The van der Waals surface area contributed by atoms with Gasteiger partial charge in [-0.05, 0) is 43.2 Å².